The number of azo groups is 1. The van der Waals surface area contributed by atoms with E-state index in [1.54, 1.807) is 25.1 Å². The van der Waals surface area contributed by atoms with Crippen LogP contribution in [0.3, 0.4) is 0 Å². The molecule has 1 aromatic heterocycles. The van der Waals surface area contributed by atoms with Crippen molar-refractivity contribution >= 4 is 65.7 Å². The predicted octanol–water partition coefficient (Wildman–Crippen LogP) is 7.12. The van der Waals surface area contributed by atoms with Crippen molar-refractivity contribution < 1.29 is 31.5 Å². The van der Waals surface area contributed by atoms with Crippen LogP contribution in [0.4, 0.5) is 24.5 Å². The van der Waals surface area contributed by atoms with E-state index in [9.17, 15) is 31.5 Å². The number of aryl methyl sites for hydroxylation is 1. The topological polar surface area (TPSA) is 115 Å². The van der Waals surface area contributed by atoms with Crippen molar-refractivity contribution in [3.05, 3.63) is 81.3 Å². The molecule has 4 rings (SSSR count). The van der Waals surface area contributed by atoms with Crippen LogP contribution in [-0.4, -0.2) is 31.0 Å². The van der Waals surface area contributed by atoms with Crippen LogP contribution in [0.25, 0.3) is 10.9 Å². The maximum absolute atomic E-state index is 13.5. The minimum Gasteiger partial charge on any atom is -0.493 e. The minimum atomic E-state index is -4.88. The Balaban J connectivity index is 1.75. The summed E-state index contributed by atoms with van der Waals surface area (Å²) < 4.78 is 68.6. The molecule has 0 atom stereocenters. The van der Waals surface area contributed by atoms with E-state index >= 15 is 0 Å². The number of aromatic hydroxyl groups is 1. The van der Waals surface area contributed by atoms with Crippen LogP contribution in [0.2, 0.25) is 5.02 Å². The van der Waals surface area contributed by atoms with Gasteiger partial charge in [0.05, 0.1) is 26.7 Å². The molecule has 198 valence electrons. The summed E-state index contributed by atoms with van der Waals surface area (Å²) in [6.07, 6.45) is -4.88. The van der Waals surface area contributed by atoms with Gasteiger partial charge in [0.1, 0.15) is 6.54 Å². The summed E-state index contributed by atoms with van der Waals surface area (Å²) in [5, 5.41) is 17.2. The van der Waals surface area contributed by atoms with Gasteiger partial charge in [-0.2, -0.15) is 13.2 Å². The molecule has 14 heteroatoms. The summed E-state index contributed by atoms with van der Waals surface area (Å²) in [4.78, 5) is 15.2. The summed E-state index contributed by atoms with van der Waals surface area (Å²) in [5.74, 6) is -1.49. The first kappa shape index (κ1) is 27.6. The Morgan fingerprint density at radius 2 is 1.79 bits per heavy atom. The van der Waals surface area contributed by atoms with E-state index in [4.69, 9.17) is 11.6 Å². The number of anilines is 1. The third-order valence-corrected chi connectivity index (χ3v) is 8.02. The van der Waals surface area contributed by atoms with E-state index in [0.29, 0.717) is 25.7 Å². The molecule has 0 fully saturated rings. The molecular formula is C24H17BrClF3N4O4S. The number of rotatable bonds is 6. The van der Waals surface area contributed by atoms with E-state index in [2.05, 4.69) is 31.1 Å². The quantitative estimate of drug-likeness (QED) is 0.221. The molecule has 0 aliphatic rings. The lowest BCUT2D eigenvalue weighted by Crippen LogP contribution is -2.35. The zero-order valence-electron chi connectivity index (χ0n) is 19.3. The van der Waals surface area contributed by atoms with Crippen LogP contribution in [-0.2, 0) is 21.0 Å². The van der Waals surface area contributed by atoms with Crippen molar-refractivity contribution in [2.45, 2.75) is 18.0 Å². The highest BCUT2D eigenvalue weighted by Gasteiger charge is 2.35. The molecule has 3 aromatic carbocycles. The van der Waals surface area contributed by atoms with E-state index in [1.165, 1.54) is 24.3 Å². The fourth-order valence-electron chi connectivity index (χ4n) is 3.54. The molecule has 0 spiro atoms. The first-order chi connectivity index (χ1) is 17.8. The van der Waals surface area contributed by atoms with Gasteiger partial charge in [-0.15, -0.1) is 10.2 Å². The normalized spacial score (nSPS) is 12.4. The van der Waals surface area contributed by atoms with Gasteiger partial charge in [-0.1, -0.05) is 45.2 Å². The Bertz CT molecular complexity index is 1670. The molecule has 4 aromatic rings. The van der Waals surface area contributed by atoms with Crippen LogP contribution >= 0.6 is 27.5 Å². The highest BCUT2D eigenvalue weighted by atomic mass is 79.9. The number of amides is 1. The summed E-state index contributed by atoms with van der Waals surface area (Å²) in [6.45, 7) is 0.747. The van der Waals surface area contributed by atoms with Gasteiger partial charge in [-0.25, -0.2) is 8.42 Å². The van der Waals surface area contributed by atoms with Crippen molar-refractivity contribution in [2.75, 3.05) is 10.8 Å². The monoisotopic (exact) mass is 628 g/mol. The largest absolute Gasteiger partial charge is 0.493 e. The molecule has 2 N–H and O–H groups in total. The lowest BCUT2D eigenvalue weighted by atomic mass is 10.2. The molecule has 1 heterocycles. The molecule has 0 saturated carbocycles. The number of hydrogen-bond acceptors (Lipinski definition) is 5. The van der Waals surface area contributed by atoms with Crippen LogP contribution in [0, 0.1) is 6.92 Å². The van der Waals surface area contributed by atoms with Crippen LogP contribution in [0.5, 0.6) is 5.88 Å². The van der Waals surface area contributed by atoms with Gasteiger partial charge >= 0.3 is 6.18 Å². The summed E-state index contributed by atoms with van der Waals surface area (Å²) in [7, 11) is -4.52. The smallest absolute Gasteiger partial charge is 0.417 e. The molecule has 0 saturated heterocycles. The fourth-order valence-corrected chi connectivity index (χ4v) is 5.53. The average molecular weight is 630 g/mol. The van der Waals surface area contributed by atoms with Crippen molar-refractivity contribution in [1.82, 2.24) is 4.98 Å². The number of alkyl halides is 3. The fraction of sp³-hybridized carbons (Fsp3) is 0.125. The SMILES string of the molecule is Cc1ccc(S(=O)(=O)N(CC(=O)N=Nc2c(O)[nH]c3ccc(Br)cc23)c2ccc(Cl)c(C(F)(F)F)c2)cc1. The molecular weight excluding hydrogens is 613 g/mol. The highest BCUT2D eigenvalue weighted by Crippen LogP contribution is 2.39. The number of benzene rings is 3. The number of hydrogen-bond donors (Lipinski definition) is 2. The Hall–Kier alpha value is -3.42. The zero-order valence-corrected chi connectivity index (χ0v) is 22.5. The van der Waals surface area contributed by atoms with E-state index < -0.39 is 44.9 Å². The zero-order chi connectivity index (χ0) is 27.8. The number of aromatic nitrogens is 1. The van der Waals surface area contributed by atoms with Gasteiger partial charge < -0.3 is 10.1 Å². The van der Waals surface area contributed by atoms with E-state index in [-0.39, 0.29) is 16.5 Å². The number of nitrogens with zero attached hydrogens (tertiary/aromatic N) is 3. The van der Waals surface area contributed by atoms with Crippen LogP contribution in [0.1, 0.15) is 11.1 Å². The van der Waals surface area contributed by atoms with Gasteiger partial charge in [0, 0.05) is 9.86 Å². The first-order valence-electron chi connectivity index (χ1n) is 10.7. The molecule has 0 aliphatic carbocycles. The number of sulfonamides is 1. The maximum atomic E-state index is 13.5. The summed E-state index contributed by atoms with van der Waals surface area (Å²) >= 11 is 8.99. The second-order valence-corrected chi connectivity index (χ2v) is 11.3. The predicted molar refractivity (Wildman–Crippen MR) is 139 cm³/mol. The van der Waals surface area contributed by atoms with Crippen molar-refractivity contribution in [2.24, 2.45) is 10.2 Å². The molecule has 0 unspecified atom stereocenters. The van der Waals surface area contributed by atoms with Gasteiger partial charge in [0.2, 0.25) is 5.88 Å². The Morgan fingerprint density at radius 3 is 2.45 bits per heavy atom. The lowest BCUT2D eigenvalue weighted by molar-refractivity contribution is -0.137. The molecule has 0 aliphatic heterocycles. The van der Waals surface area contributed by atoms with Gasteiger partial charge in [-0.05, 0) is 55.5 Å². The minimum absolute atomic E-state index is 0.0755. The van der Waals surface area contributed by atoms with Gasteiger partial charge in [0.25, 0.3) is 15.9 Å². The maximum Gasteiger partial charge on any atom is 0.417 e. The van der Waals surface area contributed by atoms with E-state index in [1.807, 2.05) is 0 Å². The summed E-state index contributed by atoms with van der Waals surface area (Å²) in [6, 6.07) is 13.0. The number of halogens is 5. The number of carbonyl (C=O) groups excluding carboxylic acids is 1. The molecule has 8 nitrogen and oxygen atoms in total. The third-order valence-electron chi connectivity index (χ3n) is 5.41. The number of fused-ring (bicyclic) bond motifs is 1. The molecule has 0 radical (unpaired) electrons. The third kappa shape index (κ3) is 5.69. The van der Waals surface area contributed by atoms with Crippen molar-refractivity contribution in [3.63, 3.8) is 0 Å². The molecule has 1 amide bonds. The molecule has 38 heavy (non-hydrogen) atoms. The second kappa shape index (κ2) is 10.4. The average Bonchev–Trinajstić information content (AvgIpc) is 3.15. The van der Waals surface area contributed by atoms with Crippen molar-refractivity contribution in [1.29, 1.82) is 0 Å². The molecule has 0 bridgehead atoms. The second-order valence-electron chi connectivity index (χ2n) is 8.09. The van der Waals surface area contributed by atoms with Crippen LogP contribution in [0.15, 0.2) is 80.3 Å². The van der Waals surface area contributed by atoms with Crippen LogP contribution < -0.4 is 4.31 Å². The number of carbonyl (C=O) groups is 1. The standard InChI is InChI=1S/C24H17BrClF3N4O4S/c1-13-2-6-16(7-3-13)38(36,37)33(15-5-8-19(26)18(11-15)24(27,28)29)12-21(34)31-32-22-17-10-14(25)4-9-20(17)30-23(22)35/h2-11,30,35H,12H2,1H3. The lowest BCUT2D eigenvalue weighted by Gasteiger charge is -2.24. The van der Waals surface area contributed by atoms with Gasteiger partial charge in [0.15, 0.2) is 5.69 Å². The van der Waals surface area contributed by atoms with E-state index in [0.717, 1.165) is 17.7 Å². The van der Waals surface area contributed by atoms with Crippen molar-refractivity contribution in [3.8, 4) is 5.88 Å². The van der Waals surface area contributed by atoms with Gasteiger partial charge in [-0.3, -0.25) is 9.10 Å². The Kier molecular flexibility index (Phi) is 7.55. The number of nitrogens with one attached hydrogen (secondary N) is 1. The summed E-state index contributed by atoms with van der Waals surface area (Å²) in [5.41, 5.74) is -0.560. The Labute approximate surface area is 227 Å². The number of aromatic amines is 1. The first-order valence-corrected chi connectivity index (χ1v) is 13.3. The number of H-pyrrole nitrogens is 1. The highest BCUT2D eigenvalue weighted by molar-refractivity contribution is 9.10. The Morgan fingerprint density at radius 1 is 1.11 bits per heavy atom.